The van der Waals surface area contributed by atoms with E-state index in [1.165, 1.54) is 13.8 Å². The first-order valence-electron chi connectivity index (χ1n) is 15.1. The third-order valence-corrected chi connectivity index (χ3v) is 12.3. The van der Waals surface area contributed by atoms with E-state index in [1.807, 2.05) is 0 Å². The molecular formula is C31H46O7. The van der Waals surface area contributed by atoms with Crippen LogP contribution >= 0.6 is 0 Å². The summed E-state index contributed by atoms with van der Waals surface area (Å²) in [6.07, 6.45) is 6.60. The van der Waals surface area contributed by atoms with Crippen molar-refractivity contribution in [3.63, 3.8) is 0 Å². The Balaban J connectivity index is 1.34. The third kappa shape index (κ3) is 3.69. The minimum atomic E-state index is -0.730. The van der Waals surface area contributed by atoms with Gasteiger partial charge in [-0.2, -0.15) is 0 Å². The minimum Gasteiger partial charge on any atom is -0.463 e. The molecule has 7 nitrogen and oxygen atoms in total. The second kappa shape index (κ2) is 9.02. The molecule has 6 fully saturated rings. The van der Waals surface area contributed by atoms with Crippen molar-refractivity contribution in [2.75, 3.05) is 6.61 Å². The maximum Gasteiger partial charge on any atom is 0.303 e. The third-order valence-electron chi connectivity index (χ3n) is 12.3. The molecule has 0 bridgehead atoms. The number of hydrogen-bond donors (Lipinski definition) is 0. The minimum absolute atomic E-state index is 0.000633. The van der Waals surface area contributed by atoms with Crippen LogP contribution in [-0.4, -0.2) is 48.4 Å². The van der Waals surface area contributed by atoms with Gasteiger partial charge in [0.05, 0.1) is 12.7 Å². The molecule has 7 heteroatoms. The molecule has 4 aliphatic carbocycles. The van der Waals surface area contributed by atoms with E-state index in [0.29, 0.717) is 24.4 Å². The van der Waals surface area contributed by atoms with Crippen molar-refractivity contribution in [1.29, 1.82) is 0 Å². The Morgan fingerprint density at radius 3 is 2.32 bits per heavy atom. The molecule has 0 aromatic carbocycles. The Morgan fingerprint density at radius 2 is 1.66 bits per heavy atom. The maximum atomic E-state index is 14.7. The highest BCUT2D eigenvalue weighted by molar-refractivity contribution is 5.92. The zero-order chi connectivity index (χ0) is 27.2. The van der Waals surface area contributed by atoms with E-state index in [9.17, 15) is 14.4 Å². The van der Waals surface area contributed by atoms with Gasteiger partial charge < -0.3 is 18.9 Å². The van der Waals surface area contributed by atoms with Crippen LogP contribution in [0.25, 0.3) is 0 Å². The Hall–Kier alpha value is -1.47. The molecule has 0 aromatic heterocycles. The van der Waals surface area contributed by atoms with Crippen molar-refractivity contribution < 1.29 is 33.3 Å². The Bertz CT molecular complexity index is 1000. The Labute approximate surface area is 227 Å². The number of fused-ring (bicyclic) bond motifs is 7. The molecular weight excluding hydrogens is 484 g/mol. The highest BCUT2D eigenvalue weighted by Crippen LogP contribution is 2.70. The fraction of sp³-hybridized carbons (Fsp3) is 0.903. The zero-order valence-electron chi connectivity index (χ0n) is 24.0. The highest BCUT2D eigenvalue weighted by Gasteiger charge is 2.74. The lowest BCUT2D eigenvalue weighted by molar-refractivity contribution is -0.273. The van der Waals surface area contributed by atoms with Gasteiger partial charge in [0.25, 0.3) is 0 Å². The average molecular weight is 531 g/mol. The molecule has 2 heterocycles. The second-order valence-corrected chi connectivity index (χ2v) is 14.2. The molecule has 0 amide bonds. The van der Waals surface area contributed by atoms with Crippen LogP contribution in [0.1, 0.15) is 92.9 Å². The van der Waals surface area contributed by atoms with E-state index in [0.717, 1.165) is 51.4 Å². The number of rotatable bonds is 2. The predicted octanol–water partition coefficient (Wildman–Crippen LogP) is 5.09. The summed E-state index contributed by atoms with van der Waals surface area (Å²) in [5, 5.41) is 0. The van der Waals surface area contributed by atoms with Gasteiger partial charge in [-0.25, -0.2) is 0 Å². The Kier molecular flexibility index (Phi) is 6.35. The molecule has 0 radical (unpaired) electrons. The van der Waals surface area contributed by atoms with E-state index in [4.69, 9.17) is 18.9 Å². The lowest BCUT2D eigenvalue weighted by Crippen LogP contribution is -2.65. The number of ether oxygens (including phenoxy) is 4. The first-order valence-corrected chi connectivity index (χ1v) is 15.1. The van der Waals surface area contributed by atoms with E-state index in [2.05, 4.69) is 27.7 Å². The van der Waals surface area contributed by atoms with Crippen molar-refractivity contribution in [3.8, 4) is 0 Å². The number of Topliss-reactive ketones (excluding diaryl/α,β-unsaturated/α-hetero) is 1. The highest BCUT2D eigenvalue weighted by atomic mass is 16.7. The summed E-state index contributed by atoms with van der Waals surface area (Å²) in [6.45, 7) is 12.5. The van der Waals surface area contributed by atoms with Gasteiger partial charge in [0.1, 0.15) is 6.10 Å². The van der Waals surface area contributed by atoms with Gasteiger partial charge in [0.15, 0.2) is 17.7 Å². The van der Waals surface area contributed by atoms with E-state index >= 15 is 0 Å². The van der Waals surface area contributed by atoms with Crippen LogP contribution in [0.5, 0.6) is 0 Å². The van der Waals surface area contributed by atoms with Gasteiger partial charge in [-0.15, -0.1) is 0 Å². The molecule has 0 N–H and O–H groups in total. The molecule has 4 saturated carbocycles. The topological polar surface area (TPSA) is 88.1 Å². The van der Waals surface area contributed by atoms with E-state index in [-0.39, 0.29) is 59.0 Å². The number of ketones is 1. The normalized spacial score (nSPS) is 53.5. The second-order valence-electron chi connectivity index (χ2n) is 14.2. The Morgan fingerprint density at radius 1 is 0.921 bits per heavy atom. The monoisotopic (exact) mass is 530 g/mol. The van der Waals surface area contributed by atoms with Gasteiger partial charge in [-0.05, 0) is 74.0 Å². The SMILES string of the molecule is CC(=O)O[C@H]1CC[C@@]2(C)[C@@H](CC[C@@H]3[C@@H]2[C@H](OC(C)=O)C(=O)[C@]2(C)[C@@H]4[C@H](C[C@@H]32)O[C@]2(CC[C@@H](C)CO2)[C@H]4C)C1. The number of carbonyl (C=O) groups excluding carboxylic acids is 3. The number of carbonyl (C=O) groups is 3. The van der Waals surface area contributed by atoms with Crippen LogP contribution in [0.4, 0.5) is 0 Å². The van der Waals surface area contributed by atoms with Crippen LogP contribution in [0, 0.1) is 52.3 Å². The first kappa shape index (κ1) is 26.7. The van der Waals surface area contributed by atoms with Crippen molar-refractivity contribution in [1.82, 2.24) is 0 Å². The fourth-order valence-corrected chi connectivity index (χ4v) is 10.6. The van der Waals surface area contributed by atoms with Crippen LogP contribution < -0.4 is 0 Å². The van der Waals surface area contributed by atoms with Crippen LogP contribution in [0.3, 0.4) is 0 Å². The van der Waals surface area contributed by atoms with Gasteiger partial charge in [0.2, 0.25) is 0 Å². The summed E-state index contributed by atoms with van der Waals surface area (Å²) in [6, 6.07) is 0. The molecule has 1 spiro atoms. The first-order chi connectivity index (χ1) is 17.9. The summed E-state index contributed by atoms with van der Waals surface area (Å²) in [5.74, 6) is 0.457. The van der Waals surface area contributed by atoms with Crippen molar-refractivity contribution in [2.45, 2.75) is 117 Å². The summed E-state index contributed by atoms with van der Waals surface area (Å²) in [4.78, 5) is 38.8. The average Bonchev–Trinajstić information content (AvgIpc) is 3.29. The van der Waals surface area contributed by atoms with Crippen LogP contribution in [0.15, 0.2) is 0 Å². The van der Waals surface area contributed by atoms with Crippen molar-refractivity contribution in [3.05, 3.63) is 0 Å². The molecule has 0 unspecified atom stereocenters. The number of hydrogen-bond acceptors (Lipinski definition) is 7. The quantitative estimate of drug-likeness (QED) is 0.460. The largest absolute Gasteiger partial charge is 0.463 e. The van der Waals surface area contributed by atoms with Gasteiger partial charge in [-0.3, -0.25) is 14.4 Å². The van der Waals surface area contributed by atoms with Gasteiger partial charge >= 0.3 is 11.9 Å². The standard InChI is InChI=1S/C31H46O7/c1-16-9-12-31(35-15-16)17(2)25-24(38-31)14-23-22-8-7-20-13-21(36-18(3)32)10-11-29(20,5)26(22)27(37-19(4)33)28(34)30(23,25)6/h16-17,20-27H,7-15H2,1-6H3/t16-,17+,20+,21+,22+,23+,24+,25+,26-,27+,29+,30+,31-/m1/s1. The summed E-state index contributed by atoms with van der Waals surface area (Å²) >= 11 is 0. The summed E-state index contributed by atoms with van der Waals surface area (Å²) in [5.41, 5.74) is -0.732. The lowest BCUT2D eigenvalue weighted by Gasteiger charge is -2.62. The molecule has 2 saturated heterocycles. The van der Waals surface area contributed by atoms with Crippen molar-refractivity contribution in [2.24, 2.45) is 52.3 Å². The van der Waals surface area contributed by atoms with E-state index < -0.39 is 17.3 Å². The summed E-state index contributed by atoms with van der Waals surface area (Å²) < 4.78 is 24.9. The molecule has 2 aliphatic heterocycles. The zero-order valence-corrected chi connectivity index (χ0v) is 24.0. The van der Waals surface area contributed by atoms with Crippen molar-refractivity contribution >= 4 is 17.7 Å². The number of esters is 2. The molecule has 212 valence electrons. The predicted molar refractivity (Wildman–Crippen MR) is 139 cm³/mol. The smallest absolute Gasteiger partial charge is 0.303 e. The van der Waals surface area contributed by atoms with Crippen LogP contribution in [-0.2, 0) is 33.3 Å². The molecule has 6 aliphatic rings. The maximum absolute atomic E-state index is 14.7. The molecule has 6 rings (SSSR count). The lowest BCUT2D eigenvalue weighted by atomic mass is 9.43. The van der Waals surface area contributed by atoms with Gasteiger partial charge in [-0.1, -0.05) is 27.7 Å². The van der Waals surface area contributed by atoms with Gasteiger partial charge in [0, 0.05) is 43.4 Å². The molecule has 38 heavy (non-hydrogen) atoms. The van der Waals surface area contributed by atoms with E-state index in [1.54, 1.807) is 0 Å². The molecule has 13 atom stereocenters. The summed E-state index contributed by atoms with van der Waals surface area (Å²) in [7, 11) is 0. The molecule has 0 aromatic rings. The van der Waals surface area contributed by atoms with Crippen LogP contribution in [0.2, 0.25) is 0 Å². The fourth-order valence-electron chi connectivity index (χ4n) is 10.6.